The first kappa shape index (κ1) is 101. The van der Waals surface area contributed by atoms with E-state index in [0.29, 0.717) is 43.3 Å². The molecule has 8 aromatic rings. The number of hydrogen-bond acceptors (Lipinski definition) is 4. The molecule has 0 radical (unpaired) electrons. The molecule has 8 nitrogen and oxygen atoms in total. The van der Waals surface area contributed by atoms with E-state index in [1.807, 2.05) is 0 Å². The number of anilines is 4. The molecule has 0 fully saturated rings. The van der Waals surface area contributed by atoms with Gasteiger partial charge in [0.15, 0.2) is 118 Å². The van der Waals surface area contributed by atoms with Gasteiger partial charge in [-0.3, -0.25) is 0 Å². The van der Waals surface area contributed by atoms with E-state index in [1.165, 1.54) is 111 Å². The summed E-state index contributed by atoms with van der Waals surface area (Å²) in [7, 11) is 0. The summed E-state index contributed by atoms with van der Waals surface area (Å²) < 4.78 is 582. The van der Waals surface area contributed by atoms with E-state index in [1.54, 1.807) is 0 Å². The smallest absolute Gasteiger partial charge is 0.411 e. The highest BCUT2D eigenvalue weighted by Gasteiger charge is 2.60. The van der Waals surface area contributed by atoms with Crippen LogP contribution in [0.1, 0.15) is 111 Å². The molecule has 12 rings (SSSR count). The first-order valence-electron chi connectivity index (χ1n) is 37.3. The zero-order valence-corrected chi connectivity index (χ0v) is 67.9. The molecular formula is C76H60B4F40N8. The molecule has 0 bridgehead atoms. The fraction of sp³-hybridized carbons (Fsp3) is 0.316. The Kier molecular flexibility index (Phi) is 27.7. The Morgan fingerprint density at radius 2 is 0.250 bits per heavy atom. The van der Waals surface area contributed by atoms with Crippen molar-refractivity contribution in [3.8, 4) is 0 Å². The fourth-order valence-electron chi connectivity index (χ4n) is 15.5. The van der Waals surface area contributed by atoms with Gasteiger partial charge in [-0.2, -0.15) is 17.6 Å². The van der Waals surface area contributed by atoms with Crippen molar-refractivity contribution in [3.05, 3.63) is 209 Å². The van der Waals surface area contributed by atoms with Crippen molar-refractivity contribution < 1.29 is 193 Å². The van der Waals surface area contributed by atoms with Crippen molar-refractivity contribution in [2.75, 3.05) is 19.6 Å². The maximum atomic E-state index is 16.7. The molecule has 0 amide bonds. The summed E-state index contributed by atoms with van der Waals surface area (Å²) in [6.07, 6.45) is 2.82. The van der Waals surface area contributed by atoms with Gasteiger partial charge in [-0.05, 0) is 154 Å². The molecule has 4 aliphatic heterocycles. The van der Waals surface area contributed by atoms with Gasteiger partial charge < -0.3 is 35.2 Å². The summed E-state index contributed by atoms with van der Waals surface area (Å²) in [5, 5.41) is 0. The lowest BCUT2D eigenvalue weighted by Crippen LogP contribution is -2.72. The summed E-state index contributed by atoms with van der Waals surface area (Å²) in [5.41, 5.74) is -20.5. The molecule has 696 valence electrons. The van der Waals surface area contributed by atoms with Crippen LogP contribution < -0.4 is 63.3 Å². The molecule has 52 heteroatoms. The topological polar surface area (TPSA) is 25.0 Å². The molecule has 0 spiro atoms. The molecule has 0 unspecified atom stereocenters. The highest BCUT2D eigenvalue weighted by Crippen LogP contribution is 2.41. The van der Waals surface area contributed by atoms with Crippen molar-refractivity contribution in [1.82, 2.24) is 0 Å². The molecule has 0 aromatic heterocycles. The molecule has 0 aliphatic carbocycles. The third-order valence-electron chi connectivity index (χ3n) is 21.5. The second-order valence-electron chi connectivity index (χ2n) is 31.5. The van der Waals surface area contributed by atoms with Crippen LogP contribution in [0.4, 0.5) is 198 Å². The summed E-state index contributed by atoms with van der Waals surface area (Å²) in [4.78, 5) is 3.06. The van der Waals surface area contributed by atoms with Crippen molar-refractivity contribution in [3.63, 3.8) is 0 Å². The lowest BCUT2D eigenvalue weighted by molar-refractivity contribution is -0.439. The third kappa shape index (κ3) is 14.9. The highest BCUT2D eigenvalue weighted by atomic mass is 19.2. The third-order valence-corrected chi connectivity index (χ3v) is 21.5. The summed E-state index contributed by atoms with van der Waals surface area (Å²) >= 11 is 0. The van der Waals surface area contributed by atoms with Crippen LogP contribution in [0.25, 0.3) is 0 Å². The van der Waals surface area contributed by atoms with Gasteiger partial charge in [-0.1, -0.05) is 0 Å². The first-order chi connectivity index (χ1) is 58.8. The zero-order valence-electron chi connectivity index (χ0n) is 67.9. The predicted molar refractivity (Wildman–Crippen MR) is 391 cm³/mol. The monoisotopic (exact) mass is 1890 g/mol. The molecular weight excluding hydrogens is 1830 g/mol. The number of halogens is 40. The number of benzene rings is 8. The molecule has 0 N–H and O–H groups in total. The van der Waals surface area contributed by atoms with E-state index in [9.17, 15) is 158 Å². The molecule has 4 atom stereocenters. The van der Waals surface area contributed by atoms with Gasteiger partial charge in [0.2, 0.25) is 46.5 Å². The van der Waals surface area contributed by atoms with E-state index >= 15 is 17.3 Å². The zero-order chi connectivity index (χ0) is 97.8. The molecule has 0 saturated carbocycles. The maximum Gasteiger partial charge on any atom is 0.411 e. The van der Waals surface area contributed by atoms with Crippen LogP contribution in [0.3, 0.4) is 0 Å². The Bertz CT molecular complexity index is 5260. The lowest BCUT2D eigenvalue weighted by atomic mass is 9.42. The average molecular weight is 1890 g/mol. The van der Waals surface area contributed by atoms with Gasteiger partial charge in [0, 0.05) is 24.2 Å². The second kappa shape index (κ2) is 35.2. The van der Waals surface area contributed by atoms with Crippen molar-refractivity contribution >= 4 is 118 Å². The van der Waals surface area contributed by atoms with Gasteiger partial charge in [0.25, 0.3) is 0 Å². The number of rotatable bonds is 12. The van der Waals surface area contributed by atoms with Crippen LogP contribution in [-0.2, 0) is 0 Å². The molecule has 0 saturated heterocycles. The van der Waals surface area contributed by atoms with Gasteiger partial charge in [0.1, 0.15) is 92.6 Å². The summed E-state index contributed by atoms with van der Waals surface area (Å²) in [5.74, 6) is -89.3. The van der Waals surface area contributed by atoms with Crippen LogP contribution in [0.2, 0.25) is 0 Å². The lowest BCUT2D eigenvalue weighted by Gasteiger charge is -2.44. The van der Waals surface area contributed by atoms with Crippen LogP contribution in [-0.4, -0.2) is 118 Å². The number of nitrogens with zero attached hydrogens (tertiary/aromatic N) is 8. The Labute approximate surface area is 697 Å². The van der Waals surface area contributed by atoms with E-state index in [4.69, 9.17) is 0 Å². The van der Waals surface area contributed by atoms with Gasteiger partial charge in [-0.25, -0.2) is 160 Å². The van der Waals surface area contributed by atoms with Crippen molar-refractivity contribution in [2.45, 2.75) is 159 Å². The number of fused-ring (bicyclic) bond motifs is 4. The Morgan fingerprint density at radius 1 is 0.156 bits per heavy atom. The SMILES string of the molecule is CC(C)N1C=[N+](C(C)C)[B@-](F)(c2c(F)c(F)c(F)c(F)c2F)c2c(F)c(F)c(F)c(F)c21.CC(C)N1C=[N+](C(C)C)[B@-](F)(c2c(F)c(F)c(F)c(F)c2F)c2c(F)c(F)c(F)c(F)c21.CC(C)N1C=[N+](C(C)C)[B@@-](F)(c2c(F)c(F)c(F)c(F)c2F)c2c(F)c(F)c(F)c(F)c21.CC(C)N1C=[N+](C(C)C)[B@@-](F)(c2c(F)c(F)c(F)c(F)c2F)c2c(F)c(F)c(F)c(F)c21. The second-order valence-corrected chi connectivity index (χ2v) is 31.5. The van der Waals surface area contributed by atoms with Gasteiger partial charge in [0.05, 0.1) is 24.2 Å². The quantitative estimate of drug-likeness (QED) is 0.0527. The summed E-state index contributed by atoms with van der Waals surface area (Å²) in [6, 6.07) is -8.04. The average Bonchev–Trinajstić information content (AvgIpc) is 0.712. The Morgan fingerprint density at radius 3 is 0.352 bits per heavy atom. The van der Waals surface area contributed by atoms with Crippen LogP contribution in [0.5, 0.6) is 0 Å². The molecule has 4 heterocycles. The van der Waals surface area contributed by atoms with E-state index in [0.717, 1.165) is 19.6 Å². The van der Waals surface area contributed by atoms with Crippen LogP contribution >= 0.6 is 0 Å². The van der Waals surface area contributed by atoms with Gasteiger partial charge >= 0.3 is 26.2 Å². The van der Waals surface area contributed by atoms with Crippen LogP contribution in [0, 0.1) is 209 Å². The normalized spacial score (nSPS) is 18.5. The molecule has 128 heavy (non-hydrogen) atoms. The van der Waals surface area contributed by atoms with Crippen molar-refractivity contribution in [2.24, 2.45) is 0 Å². The molecule has 8 aromatic carbocycles. The minimum absolute atomic E-state index is 0.389. The summed E-state index contributed by atoms with van der Waals surface area (Å²) in [6.45, 7) is 0.398. The van der Waals surface area contributed by atoms with E-state index < -0.39 is 350 Å². The van der Waals surface area contributed by atoms with Gasteiger partial charge in [-0.15, -0.1) is 0 Å². The fourth-order valence-corrected chi connectivity index (χ4v) is 15.5. The molecule has 4 aliphatic rings. The predicted octanol–water partition coefficient (Wildman–Crippen LogP) is 16.6. The first-order valence-corrected chi connectivity index (χ1v) is 37.3. The van der Waals surface area contributed by atoms with E-state index in [-0.39, 0.29) is 0 Å². The van der Waals surface area contributed by atoms with Crippen molar-refractivity contribution in [1.29, 1.82) is 0 Å². The standard InChI is InChI=1S/4C19H15BF10N2/c4*1-6(2)31-5-32(7(3)4)20(30,8-10(21)13(24)16(27)14(25)11(8)22)9-12(23)15(26)17(28)18(29)19(9)31/h4*5-7H,1-4H3/t4*20-/m1100/s1. The van der Waals surface area contributed by atoms with Crippen LogP contribution in [0.15, 0.2) is 0 Å². The maximum absolute atomic E-state index is 16.7. The minimum Gasteiger partial charge on any atom is -0.456 e. The number of hydrogen-bond donors (Lipinski definition) is 0. The Balaban J connectivity index is 0.000000193. The largest absolute Gasteiger partial charge is 0.456 e. The Hall–Kier alpha value is -10.9. The minimum atomic E-state index is -5.08. The van der Waals surface area contributed by atoms with E-state index in [2.05, 4.69) is 0 Å². The highest BCUT2D eigenvalue weighted by molar-refractivity contribution is 6.94.